The normalized spacial score (nSPS) is 11.0. The molecule has 0 bridgehead atoms. The number of aryl methyl sites for hydroxylation is 1. The quantitative estimate of drug-likeness (QED) is 0.816. The van der Waals surface area contributed by atoms with Gasteiger partial charge in [-0.3, -0.25) is 4.79 Å². The summed E-state index contributed by atoms with van der Waals surface area (Å²) in [4.78, 5) is 36.0. The average Bonchev–Trinajstić information content (AvgIpc) is 3.12. The lowest BCUT2D eigenvalue weighted by Gasteiger charge is -2.19. The SMILES string of the molecule is Cc1cc(NC(=O)c2ccco2)sc1C(=O)OCC(=O)OC(C)(C)C. The van der Waals surface area contributed by atoms with Gasteiger partial charge in [-0.2, -0.15) is 0 Å². The first-order valence-corrected chi connectivity index (χ1v) is 8.31. The highest BCUT2D eigenvalue weighted by Crippen LogP contribution is 2.27. The maximum Gasteiger partial charge on any atom is 0.349 e. The minimum atomic E-state index is -0.647. The number of hydrogen-bond acceptors (Lipinski definition) is 7. The van der Waals surface area contributed by atoms with E-state index >= 15 is 0 Å². The number of hydrogen-bond donors (Lipinski definition) is 1. The van der Waals surface area contributed by atoms with Gasteiger partial charge in [0.1, 0.15) is 10.5 Å². The third-order valence-electron chi connectivity index (χ3n) is 2.83. The van der Waals surface area contributed by atoms with Crippen molar-refractivity contribution in [3.05, 3.63) is 40.7 Å². The van der Waals surface area contributed by atoms with Gasteiger partial charge in [-0.25, -0.2) is 9.59 Å². The monoisotopic (exact) mass is 365 g/mol. The summed E-state index contributed by atoms with van der Waals surface area (Å²) in [6.07, 6.45) is 1.40. The first-order valence-electron chi connectivity index (χ1n) is 7.50. The summed E-state index contributed by atoms with van der Waals surface area (Å²) in [5.74, 6) is -1.52. The Hall–Kier alpha value is -2.61. The van der Waals surface area contributed by atoms with Gasteiger partial charge in [-0.05, 0) is 51.5 Å². The molecule has 8 heteroatoms. The van der Waals surface area contributed by atoms with Gasteiger partial charge in [-0.1, -0.05) is 0 Å². The van der Waals surface area contributed by atoms with Gasteiger partial charge in [0.15, 0.2) is 12.4 Å². The van der Waals surface area contributed by atoms with Gasteiger partial charge in [0.05, 0.1) is 11.3 Å². The van der Waals surface area contributed by atoms with Gasteiger partial charge in [0.2, 0.25) is 0 Å². The zero-order chi connectivity index (χ0) is 18.6. The van der Waals surface area contributed by atoms with Crippen LogP contribution in [-0.2, 0) is 14.3 Å². The summed E-state index contributed by atoms with van der Waals surface area (Å²) < 4.78 is 15.1. The van der Waals surface area contributed by atoms with Crippen LogP contribution in [-0.4, -0.2) is 30.1 Å². The van der Waals surface area contributed by atoms with E-state index in [1.54, 1.807) is 39.8 Å². The van der Waals surface area contributed by atoms with Crippen LogP contribution in [0.5, 0.6) is 0 Å². The van der Waals surface area contributed by atoms with Crippen LogP contribution in [0.15, 0.2) is 28.9 Å². The number of ether oxygens (including phenoxy) is 2. The lowest BCUT2D eigenvalue weighted by molar-refractivity contribution is -0.158. The van der Waals surface area contributed by atoms with Crippen molar-refractivity contribution in [1.29, 1.82) is 0 Å². The number of thiophene rings is 1. The van der Waals surface area contributed by atoms with Crippen LogP contribution < -0.4 is 5.32 Å². The molecule has 2 heterocycles. The van der Waals surface area contributed by atoms with Crippen LogP contribution in [0, 0.1) is 6.92 Å². The van der Waals surface area contributed by atoms with Gasteiger partial charge in [-0.15, -0.1) is 11.3 Å². The van der Waals surface area contributed by atoms with Crippen molar-refractivity contribution >= 4 is 34.2 Å². The third-order valence-corrected chi connectivity index (χ3v) is 3.96. The molecule has 134 valence electrons. The lowest BCUT2D eigenvalue weighted by Crippen LogP contribution is -2.27. The van der Waals surface area contributed by atoms with E-state index in [0.29, 0.717) is 15.4 Å². The molecular weight excluding hydrogens is 346 g/mol. The van der Waals surface area contributed by atoms with Crippen molar-refractivity contribution in [1.82, 2.24) is 0 Å². The largest absolute Gasteiger partial charge is 0.459 e. The molecule has 0 unspecified atom stereocenters. The molecule has 0 aromatic carbocycles. The van der Waals surface area contributed by atoms with E-state index < -0.39 is 30.1 Å². The number of carbonyl (C=O) groups is 3. The molecule has 2 aromatic heterocycles. The molecule has 1 amide bonds. The molecule has 0 aliphatic carbocycles. The molecular formula is C17H19NO6S. The van der Waals surface area contributed by atoms with E-state index in [-0.39, 0.29) is 5.76 Å². The van der Waals surface area contributed by atoms with Crippen molar-refractivity contribution < 1.29 is 28.3 Å². The third kappa shape index (κ3) is 5.46. The minimum Gasteiger partial charge on any atom is -0.459 e. The van der Waals surface area contributed by atoms with Crippen molar-refractivity contribution in [2.24, 2.45) is 0 Å². The first kappa shape index (κ1) is 18.7. The average molecular weight is 365 g/mol. The van der Waals surface area contributed by atoms with Crippen molar-refractivity contribution in [3.63, 3.8) is 0 Å². The Kier molecular flexibility index (Phi) is 5.63. The van der Waals surface area contributed by atoms with E-state index in [1.165, 1.54) is 12.3 Å². The van der Waals surface area contributed by atoms with E-state index in [2.05, 4.69) is 5.32 Å². The molecule has 0 aliphatic heterocycles. The van der Waals surface area contributed by atoms with Crippen LogP contribution in [0.2, 0.25) is 0 Å². The molecule has 0 aliphatic rings. The Morgan fingerprint density at radius 2 is 2.00 bits per heavy atom. The Morgan fingerprint density at radius 3 is 2.60 bits per heavy atom. The summed E-state index contributed by atoms with van der Waals surface area (Å²) >= 11 is 1.06. The first-order chi connectivity index (χ1) is 11.7. The van der Waals surface area contributed by atoms with Crippen molar-refractivity contribution in [2.75, 3.05) is 11.9 Å². The number of anilines is 1. The highest BCUT2D eigenvalue weighted by atomic mass is 32.1. The van der Waals surface area contributed by atoms with E-state index in [4.69, 9.17) is 13.9 Å². The van der Waals surface area contributed by atoms with Gasteiger partial charge >= 0.3 is 11.9 Å². The predicted molar refractivity (Wildman–Crippen MR) is 91.8 cm³/mol. The van der Waals surface area contributed by atoms with Crippen LogP contribution in [0.25, 0.3) is 0 Å². The Bertz CT molecular complexity index is 770. The van der Waals surface area contributed by atoms with Crippen LogP contribution in [0.4, 0.5) is 5.00 Å². The fourth-order valence-electron chi connectivity index (χ4n) is 1.89. The maximum absolute atomic E-state index is 12.1. The predicted octanol–water partition coefficient (Wildman–Crippen LogP) is 3.40. The molecule has 0 atom stereocenters. The fraction of sp³-hybridized carbons (Fsp3) is 0.353. The maximum atomic E-state index is 12.1. The number of esters is 2. The molecule has 0 saturated carbocycles. The Morgan fingerprint density at radius 1 is 1.28 bits per heavy atom. The van der Waals surface area contributed by atoms with Crippen molar-refractivity contribution in [2.45, 2.75) is 33.3 Å². The number of carbonyl (C=O) groups excluding carboxylic acids is 3. The molecule has 7 nitrogen and oxygen atoms in total. The topological polar surface area (TPSA) is 94.8 Å². The molecule has 2 aromatic rings. The van der Waals surface area contributed by atoms with Crippen LogP contribution in [0.1, 0.15) is 46.6 Å². The molecule has 0 radical (unpaired) electrons. The number of furan rings is 1. The van der Waals surface area contributed by atoms with E-state index in [0.717, 1.165) is 11.3 Å². The molecule has 0 saturated heterocycles. The second kappa shape index (κ2) is 7.52. The molecule has 0 spiro atoms. The van der Waals surface area contributed by atoms with Gasteiger partial charge in [0, 0.05) is 0 Å². The molecule has 0 fully saturated rings. The zero-order valence-corrected chi connectivity index (χ0v) is 15.2. The van der Waals surface area contributed by atoms with E-state index in [1.807, 2.05) is 0 Å². The van der Waals surface area contributed by atoms with Gasteiger partial charge in [0.25, 0.3) is 5.91 Å². The second-order valence-corrected chi connectivity index (χ2v) is 7.27. The summed E-state index contributed by atoms with van der Waals surface area (Å²) in [5, 5.41) is 3.12. The zero-order valence-electron chi connectivity index (χ0n) is 14.4. The number of rotatable bonds is 5. The standard InChI is InChI=1S/C17H19NO6S/c1-10-8-12(18-15(20)11-6-5-7-22-11)25-14(10)16(21)23-9-13(19)24-17(2,3)4/h5-8H,9H2,1-4H3,(H,18,20). The van der Waals surface area contributed by atoms with Crippen LogP contribution in [0.3, 0.4) is 0 Å². The number of nitrogens with one attached hydrogen (secondary N) is 1. The van der Waals surface area contributed by atoms with E-state index in [9.17, 15) is 14.4 Å². The van der Waals surface area contributed by atoms with Crippen LogP contribution >= 0.6 is 11.3 Å². The molecule has 1 N–H and O–H groups in total. The van der Waals surface area contributed by atoms with Crippen molar-refractivity contribution in [3.8, 4) is 0 Å². The summed E-state index contributed by atoms with van der Waals surface area (Å²) in [6.45, 7) is 6.42. The Labute approximate surface area is 148 Å². The van der Waals surface area contributed by atoms with Gasteiger partial charge < -0.3 is 19.2 Å². The highest BCUT2D eigenvalue weighted by Gasteiger charge is 2.21. The summed E-state index contributed by atoms with van der Waals surface area (Å²) in [6, 6.07) is 4.79. The second-order valence-electron chi connectivity index (χ2n) is 6.22. The molecule has 2 rings (SSSR count). The fourth-order valence-corrected chi connectivity index (χ4v) is 2.85. The summed E-state index contributed by atoms with van der Waals surface area (Å²) in [7, 11) is 0. The molecule has 25 heavy (non-hydrogen) atoms. The minimum absolute atomic E-state index is 0.167. The summed E-state index contributed by atoms with van der Waals surface area (Å²) in [5.41, 5.74) is -0.0139. The highest BCUT2D eigenvalue weighted by molar-refractivity contribution is 7.18. The number of amides is 1. The smallest absolute Gasteiger partial charge is 0.349 e. The Balaban J connectivity index is 1.96. The lowest BCUT2D eigenvalue weighted by atomic mass is 10.2.